The third-order valence-corrected chi connectivity index (χ3v) is 2.47. The minimum Gasteiger partial charge on any atom is -0.466 e. The standard InChI is InChI=1S/C11H17N3O3/c1-6(10(12)14-16)5-13-11(15)9-4-7(2)17-8(9)3/h4,6,16H,5H2,1-3H3,(H2,12,14)(H,13,15). The van der Waals surface area contributed by atoms with Gasteiger partial charge in [0.1, 0.15) is 17.4 Å². The number of nitrogens with two attached hydrogens (primary N) is 1. The molecule has 0 radical (unpaired) electrons. The van der Waals surface area contributed by atoms with E-state index in [9.17, 15) is 4.79 Å². The molecule has 4 N–H and O–H groups in total. The molecule has 0 saturated carbocycles. The number of oxime groups is 1. The molecule has 1 atom stereocenters. The molecule has 1 aromatic rings. The summed E-state index contributed by atoms with van der Waals surface area (Å²) in [6.45, 7) is 5.57. The summed E-state index contributed by atoms with van der Waals surface area (Å²) in [6.07, 6.45) is 0. The van der Waals surface area contributed by atoms with Crippen molar-refractivity contribution >= 4 is 11.7 Å². The van der Waals surface area contributed by atoms with Crippen molar-refractivity contribution in [2.45, 2.75) is 20.8 Å². The van der Waals surface area contributed by atoms with Crippen molar-refractivity contribution in [3.05, 3.63) is 23.2 Å². The molecular formula is C11H17N3O3. The van der Waals surface area contributed by atoms with Gasteiger partial charge in [0.05, 0.1) is 5.56 Å². The lowest BCUT2D eigenvalue weighted by molar-refractivity contribution is 0.0949. The highest BCUT2D eigenvalue weighted by molar-refractivity contribution is 5.95. The Morgan fingerprint density at radius 3 is 2.76 bits per heavy atom. The van der Waals surface area contributed by atoms with Crippen LogP contribution in [0.3, 0.4) is 0 Å². The van der Waals surface area contributed by atoms with Crippen LogP contribution in [0.5, 0.6) is 0 Å². The van der Waals surface area contributed by atoms with Crippen molar-refractivity contribution in [1.82, 2.24) is 5.32 Å². The van der Waals surface area contributed by atoms with Gasteiger partial charge in [0.15, 0.2) is 0 Å². The molecule has 1 rings (SSSR count). The zero-order valence-corrected chi connectivity index (χ0v) is 10.2. The first kappa shape index (κ1) is 13.1. The number of nitrogens with one attached hydrogen (secondary N) is 1. The summed E-state index contributed by atoms with van der Waals surface area (Å²) >= 11 is 0. The summed E-state index contributed by atoms with van der Waals surface area (Å²) < 4.78 is 5.26. The van der Waals surface area contributed by atoms with Crippen LogP contribution in [-0.4, -0.2) is 23.5 Å². The van der Waals surface area contributed by atoms with E-state index < -0.39 is 0 Å². The van der Waals surface area contributed by atoms with Gasteiger partial charge < -0.3 is 20.7 Å². The summed E-state index contributed by atoms with van der Waals surface area (Å²) in [5, 5.41) is 14.1. The van der Waals surface area contributed by atoms with Crippen LogP contribution in [0.25, 0.3) is 0 Å². The molecule has 1 amide bonds. The molecule has 1 unspecified atom stereocenters. The van der Waals surface area contributed by atoms with Crippen LogP contribution in [0.1, 0.15) is 28.8 Å². The maximum atomic E-state index is 11.8. The quantitative estimate of drug-likeness (QED) is 0.316. The van der Waals surface area contributed by atoms with Crippen LogP contribution in [0.4, 0.5) is 0 Å². The minimum absolute atomic E-state index is 0.0883. The molecule has 17 heavy (non-hydrogen) atoms. The van der Waals surface area contributed by atoms with E-state index in [2.05, 4.69) is 10.5 Å². The average molecular weight is 239 g/mol. The second-order valence-corrected chi connectivity index (χ2v) is 3.96. The number of amidine groups is 1. The van der Waals surface area contributed by atoms with Gasteiger partial charge in [-0.05, 0) is 19.9 Å². The Morgan fingerprint density at radius 1 is 1.65 bits per heavy atom. The molecule has 1 heterocycles. The van der Waals surface area contributed by atoms with Gasteiger partial charge in [-0.25, -0.2) is 0 Å². The van der Waals surface area contributed by atoms with Gasteiger partial charge in [-0.1, -0.05) is 12.1 Å². The van der Waals surface area contributed by atoms with Crippen LogP contribution in [-0.2, 0) is 0 Å². The zero-order valence-electron chi connectivity index (χ0n) is 10.2. The monoisotopic (exact) mass is 239 g/mol. The third-order valence-electron chi connectivity index (χ3n) is 2.47. The normalized spacial score (nSPS) is 13.5. The number of carbonyl (C=O) groups excluding carboxylic acids is 1. The number of furan rings is 1. The number of aryl methyl sites for hydroxylation is 2. The Balaban J connectivity index is 2.59. The second kappa shape index (κ2) is 5.38. The molecule has 6 heteroatoms. The van der Waals surface area contributed by atoms with Crippen LogP contribution in [0.2, 0.25) is 0 Å². The number of hydrogen-bond acceptors (Lipinski definition) is 4. The first-order valence-electron chi connectivity index (χ1n) is 5.28. The van der Waals surface area contributed by atoms with Gasteiger partial charge in [0, 0.05) is 12.5 Å². The average Bonchev–Trinajstić information content (AvgIpc) is 2.63. The molecule has 0 aliphatic rings. The van der Waals surface area contributed by atoms with E-state index in [1.165, 1.54) is 0 Å². The molecule has 1 aromatic heterocycles. The predicted molar refractivity (Wildman–Crippen MR) is 63.1 cm³/mol. The Bertz CT molecular complexity index is 437. The van der Waals surface area contributed by atoms with Crippen molar-refractivity contribution in [3.63, 3.8) is 0 Å². The fourth-order valence-corrected chi connectivity index (χ4v) is 1.40. The highest BCUT2D eigenvalue weighted by atomic mass is 16.4. The van der Waals surface area contributed by atoms with Crippen molar-refractivity contribution < 1.29 is 14.4 Å². The van der Waals surface area contributed by atoms with E-state index in [0.29, 0.717) is 23.6 Å². The van der Waals surface area contributed by atoms with E-state index in [1.807, 2.05) is 0 Å². The molecule has 0 aromatic carbocycles. The van der Waals surface area contributed by atoms with E-state index in [4.69, 9.17) is 15.4 Å². The van der Waals surface area contributed by atoms with E-state index >= 15 is 0 Å². The molecule has 0 saturated heterocycles. The summed E-state index contributed by atoms with van der Waals surface area (Å²) in [4.78, 5) is 11.8. The van der Waals surface area contributed by atoms with Crippen molar-refractivity contribution in [2.75, 3.05) is 6.54 Å². The molecule has 0 aliphatic heterocycles. The van der Waals surface area contributed by atoms with Crippen LogP contribution in [0, 0.1) is 19.8 Å². The van der Waals surface area contributed by atoms with Gasteiger partial charge in [0.2, 0.25) is 0 Å². The molecule has 94 valence electrons. The van der Waals surface area contributed by atoms with Gasteiger partial charge in [-0.2, -0.15) is 0 Å². The smallest absolute Gasteiger partial charge is 0.254 e. The maximum Gasteiger partial charge on any atom is 0.254 e. The Morgan fingerprint density at radius 2 is 2.29 bits per heavy atom. The van der Waals surface area contributed by atoms with Crippen LogP contribution in [0.15, 0.2) is 15.6 Å². The van der Waals surface area contributed by atoms with Gasteiger partial charge >= 0.3 is 0 Å². The van der Waals surface area contributed by atoms with Gasteiger partial charge in [0.25, 0.3) is 5.91 Å². The first-order chi connectivity index (χ1) is 7.95. The number of nitrogens with zero attached hydrogens (tertiary/aromatic N) is 1. The number of rotatable bonds is 4. The molecule has 6 nitrogen and oxygen atoms in total. The Kier molecular flexibility index (Phi) is 4.14. The van der Waals surface area contributed by atoms with Crippen LogP contribution < -0.4 is 11.1 Å². The number of carbonyl (C=O) groups is 1. The minimum atomic E-state index is -0.225. The highest BCUT2D eigenvalue weighted by Gasteiger charge is 2.15. The number of amides is 1. The molecular weight excluding hydrogens is 222 g/mol. The first-order valence-corrected chi connectivity index (χ1v) is 5.28. The van der Waals surface area contributed by atoms with E-state index in [-0.39, 0.29) is 17.7 Å². The molecule has 0 fully saturated rings. The molecule has 0 spiro atoms. The Labute approximate surface area is 99.5 Å². The Hall–Kier alpha value is -1.98. The van der Waals surface area contributed by atoms with Crippen molar-refractivity contribution in [3.8, 4) is 0 Å². The molecule has 0 bridgehead atoms. The topological polar surface area (TPSA) is 101 Å². The summed E-state index contributed by atoms with van der Waals surface area (Å²) in [5.41, 5.74) is 5.91. The van der Waals surface area contributed by atoms with Crippen molar-refractivity contribution in [2.24, 2.45) is 16.8 Å². The summed E-state index contributed by atoms with van der Waals surface area (Å²) in [6, 6.07) is 1.68. The SMILES string of the molecule is Cc1cc(C(=O)NCC(C)/C(N)=N/O)c(C)o1. The lowest BCUT2D eigenvalue weighted by Gasteiger charge is -2.10. The van der Waals surface area contributed by atoms with Crippen molar-refractivity contribution in [1.29, 1.82) is 0 Å². The number of hydrogen-bond donors (Lipinski definition) is 3. The second-order valence-electron chi connectivity index (χ2n) is 3.96. The maximum absolute atomic E-state index is 11.8. The van der Waals surface area contributed by atoms with Crippen LogP contribution >= 0.6 is 0 Å². The third kappa shape index (κ3) is 3.24. The van der Waals surface area contributed by atoms with E-state index in [0.717, 1.165) is 0 Å². The fourth-order valence-electron chi connectivity index (χ4n) is 1.40. The highest BCUT2D eigenvalue weighted by Crippen LogP contribution is 2.13. The lowest BCUT2D eigenvalue weighted by Crippen LogP contribution is -2.34. The lowest BCUT2D eigenvalue weighted by atomic mass is 10.1. The predicted octanol–water partition coefficient (Wildman–Crippen LogP) is 1.01. The van der Waals surface area contributed by atoms with E-state index in [1.54, 1.807) is 26.8 Å². The molecule has 0 aliphatic carbocycles. The summed E-state index contributed by atoms with van der Waals surface area (Å²) in [7, 11) is 0. The fraction of sp³-hybridized carbons (Fsp3) is 0.455. The van der Waals surface area contributed by atoms with Gasteiger partial charge in [-0.15, -0.1) is 0 Å². The zero-order chi connectivity index (χ0) is 13.0. The largest absolute Gasteiger partial charge is 0.466 e. The summed E-state index contributed by atoms with van der Waals surface area (Å²) in [5.74, 6) is 0.910. The van der Waals surface area contributed by atoms with Gasteiger partial charge in [-0.3, -0.25) is 4.79 Å².